The van der Waals surface area contributed by atoms with Gasteiger partial charge in [0, 0.05) is 0 Å². The molecule has 0 radical (unpaired) electrons. The molecule has 0 fully saturated rings. The van der Waals surface area contributed by atoms with Gasteiger partial charge in [-0.1, -0.05) is 0 Å². The van der Waals surface area contributed by atoms with Gasteiger partial charge in [0.15, 0.2) is 5.85 Å². The average molecular weight is 166 g/mol. The Morgan fingerprint density at radius 2 is 1.18 bits per heavy atom. The number of hydrogen-bond donors (Lipinski definition) is 6. The molecule has 0 aliphatic rings. The van der Waals surface area contributed by atoms with Crippen LogP contribution in [0.3, 0.4) is 0 Å². The van der Waals surface area contributed by atoms with Gasteiger partial charge in [-0.2, -0.15) is 0 Å². The maximum atomic E-state index is 9.00. The van der Waals surface area contributed by atoms with E-state index in [1.165, 1.54) is 0 Å². The monoisotopic (exact) mass is 166 g/mol. The molecule has 68 valence electrons. The van der Waals surface area contributed by atoms with Gasteiger partial charge in [0.1, 0.15) is 0 Å². The molecule has 0 heterocycles. The standard InChI is InChI=1S/C5H14N2O4/c6-5(7,11)4(1-8,2-9)3-10/h8-11H,1-3,6-7H2. The normalized spacial score (nSPS) is 13.6. The lowest BCUT2D eigenvalue weighted by atomic mass is 9.85. The van der Waals surface area contributed by atoms with Crippen molar-refractivity contribution >= 4 is 0 Å². The molecule has 6 heteroatoms. The smallest absolute Gasteiger partial charge is 0.179 e. The van der Waals surface area contributed by atoms with Crippen molar-refractivity contribution in [3.8, 4) is 0 Å². The lowest BCUT2D eigenvalue weighted by Crippen LogP contribution is -2.67. The van der Waals surface area contributed by atoms with E-state index < -0.39 is 31.1 Å². The summed E-state index contributed by atoms with van der Waals surface area (Å²) >= 11 is 0. The van der Waals surface area contributed by atoms with E-state index in [9.17, 15) is 0 Å². The van der Waals surface area contributed by atoms with Crippen molar-refractivity contribution in [2.75, 3.05) is 19.8 Å². The van der Waals surface area contributed by atoms with Crippen LogP contribution in [0, 0.1) is 5.41 Å². The van der Waals surface area contributed by atoms with Gasteiger partial charge in [0.25, 0.3) is 0 Å². The van der Waals surface area contributed by atoms with Gasteiger partial charge in [-0.3, -0.25) is 11.5 Å². The van der Waals surface area contributed by atoms with Crippen LogP contribution in [0.15, 0.2) is 0 Å². The first-order chi connectivity index (χ1) is 4.93. The van der Waals surface area contributed by atoms with Crippen LogP contribution in [0.4, 0.5) is 0 Å². The summed E-state index contributed by atoms with van der Waals surface area (Å²) in [4.78, 5) is 0. The Kier molecular flexibility index (Phi) is 3.36. The fraction of sp³-hybridized carbons (Fsp3) is 1.00. The Morgan fingerprint density at radius 1 is 0.909 bits per heavy atom. The van der Waals surface area contributed by atoms with Crippen LogP contribution in [0.5, 0.6) is 0 Å². The van der Waals surface area contributed by atoms with Gasteiger partial charge in [-0.05, 0) is 0 Å². The van der Waals surface area contributed by atoms with Crippen LogP contribution >= 0.6 is 0 Å². The SMILES string of the molecule is NC(N)(O)C(CO)(CO)CO. The Hall–Kier alpha value is -0.240. The van der Waals surface area contributed by atoms with E-state index in [0.717, 1.165) is 0 Å². The summed E-state index contributed by atoms with van der Waals surface area (Å²) in [6, 6.07) is 0. The summed E-state index contributed by atoms with van der Waals surface area (Å²) in [6.07, 6.45) is 0. The molecular formula is C5H14N2O4. The largest absolute Gasteiger partial charge is 0.395 e. The molecule has 0 spiro atoms. The first kappa shape index (κ1) is 10.8. The van der Waals surface area contributed by atoms with Crippen molar-refractivity contribution in [3.05, 3.63) is 0 Å². The maximum Gasteiger partial charge on any atom is 0.179 e. The van der Waals surface area contributed by atoms with Crippen molar-refractivity contribution in [1.29, 1.82) is 0 Å². The first-order valence-electron chi connectivity index (χ1n) is 3.06. The Labute approximate surface area is 64.1 Å². The summed E-state index contributed by atoms with van der Waals surface area (Å²) in [5, 5.41) is 35.0. The molecule has 8 N–H and O–H groups in total. The number of rotatable bonds is 4. The average Bonchev–Trinajstić information content (AvgIpc) is 1.90. The van der Waals surface area contributed by atoms with E-state index in [-0.39, 0.29) is 0 Å². The fourth-order valence-corrected chi connectivity index (χ4v) is 0.530. The van der Waals surface area contributed by atoms with Crippen molar-refractivity contribution in [2.24, 2.45) is 16.9 Å². The third-order valence-corrected chi connectivity index (χ3v) is 1.76. The topological polar surface area (TPSA) is 133 Å². The highest BCUT2D eigenvalue weighted by Gasteiger charge is 2.44. The van der Waals surface area contributed by atoms with E-state index >= 15 is 0 Å². The van der Waals surface area contributed by atoms with Crippen LogP contribution in [-0.4, -0.2) is 46.1 Å². The molecule has 0 saturated carbocycles. The minimum Gasteiger partial charge on any atom is -0.395 e. The maximum absolute atomic E-state index is 9.00. The molecule has 0 atom stereocenters. The minimum atomic E-state index is -2.29. The lowest BCUT2D eigenvalue weighted by Gasteiger charge is -2.37. The Balaban J connectivity index is 4.54. The quantitative estimate of drug-likeness (QED) is 0.240. The highest BCUT2D eigenvalue weighted by Crippen LogP contribution is 2.21. The highest BCUT2D eigenvalue weighted by atomic mass is 16.3. The predicted molar refractivity (Wildman–Crippen MR) is 37.0 cm³/mol. The molecule has 0 aromatic rings. The van der Waals surface area contributed by atoms with E-state index in [0.29, 0.717) is 0 Å². The number of nitrogens with two attached hydrogens (primary N) is 2. The summed E-state index contributed by atoms with van der Waals surface area (Å²) in [5.74, 6) is -2.29. The second-order valence-corrected chi connectivity index (χ2v) is 2.58. The minimum absolute atomic E-state index is 0.691. The molecule has 0 saturated heterocycles. The van der Waals surface area contributed by atoms with Crippen LogP contribution in [0.25, 0.3) is 0 Å². The van der Waals surface area contributed by atoms with E-state index in [2.05, 4.69) is 0 Å². The zero-order valence-corrected chi connectivity index (χ0v) is 6.06. The van der Waals surface area contributed by atoms with Gasteiger partial charge in [-0.25, -0.2) is 0 Å². The van der Waals surface area contributed by atoms with E-state index in [1.54, 1.807) is 0 Å². The van der Waals surface area contributed by atoms with Gasteiger partial charge < -0.3 is 20.4 Å². The molecule has 0 rings (SSSR count). The van der Waals surface area contributed by atoms with Gasteiger partial charge >= 0.3 is 0 Å². The summed E-state index contributed by atoms with van der Waals surface area (Å²) in [7, 11) is 0. The molecule has 0 amide bonds. The highest BCUT2D eigenvalue weighted by molar-refractivity contribution is 4.89. The molecule has 0 aliphatic carbocycles. The van der Waals surface area contributed by atoms with Crippen molar-refractivity contribution < 1.29 is 20.4 Å². The summed E-state index contributed by atoms with van der Waals surface area (Å²) in [5.41, 5.74) is 8.34. The van der Waals surface area contributed by atoms with Gasteiger partial charge in [-0.15, -0.1) is 0 Å². The van der Waals surface area contributed by atoms with Crippen LogP contribution in [0.2, 0.25) is 0 Å². The summed E-state index contributed by atoms with van der Waals surface area (Å²) in [6.45, 7) is -2.07. The lowest BCUT2D eigenvalue weighted by molar-refractivity contribution is -0.147. The fourth-order valence-electron chi connectivity index (χ4n) is 0.530. The zero-order valence-electron chi connectivity index (χ0n) is 6.06. The third kappa shape index (κ3) is 1.86. The van der Waals surface area contributed by atoms with Crippen LogP contribution < -0.4 is 11.5 Å². The Bertz CT molecular complexity index is 110. The first-order valence-corrected chi connectivity index (χ1v) is 3.06. The molecule has 0 aromatic carbocycles. The summed E-state index contributed by atoms with van der Waals surface area (Å²) < 4.78 is 0. The molecular weight excluding hydrogens is 152 g/mol. The molecule has 0 bridgehead atoms. The number of hydrogen-bond acceptors (Lipinski definition) is 6. The van der Waals surface area contributed by atoms with Gasteiger partial charge in [0.2, 0.25) is 0 Å². The van der Waals surface area contributed by atoms with Crippen molar-refractivity contribution in [2.45, 2.75) is 5.85 Å². The second-order valence-electron chi connectivity index (χ2n) is 2.58. The molecule has 0 aromatic heterocycles. The van der Waals surface area contributed by atoms with Crippen molar-refractivity contribution in [3.63, 3.8) is 0 Å². The van der Waals surface area contributed by atoms with E-state index in [4.69, 9.17) is 31.9 Å². The second kappa shape index (κ2) is 3.44. The van der Waals surface area contributed by atoms with Crippen LogP contribution in [-0.2, 0) is 0 Å². The molecule has 6 nitrogen and oxygen atoms in total. The molecule has 0 unspecified atom stereocenters. The Morgan fingerprint density at radius 3 is 1.18 bits per heavy atom. The number of aliphatic hydroxyl groups is 4. The molecule has 11 heavy (non-hydrogen) atoms. The third-order valence-electron chi connectivity index (χ3n) is 1.76. The van der Waals surface area contributed by atoms with Crippen molar-refractivity contribution in [1.82, 2.24) is 0 Å². The number of aliphatic hydroxyl groups excluding tert-OH is 3. The van der Waals surface area contributed by atoms with Crippen LogP contribution in [0.1, 0.15) is 0 Å². The zero-order chi connectivity index (χ0) is 9.12. The van der Waals surface area contributed by atoms with Gasteiger partial charge in [0.05, 0.1) is 25.2 Å². The molecule has 0 aliphatic heterocycles. The van der Waals surface area contributed by atoms with E-state index in [1.807, 2.05) is 0 Å². The predicted octanol–water partition coefficient (Wildman–Crippen LogP) is -3.49.